The zero-order chi connectivity index (χ0) is 21.3. The molecular weight excluding hydrogens is 396 g/mol. The van der Waals surface area contributed by atoms with Gasteiger partial charge in [-0.3, -0.25) is 4.79 Å². The Balaban J connectivity index is 1.65. The molecule has 5 nitrogen and oxygen atoms in total. The van der Waals surface area contributed by atoms with E-state index in [1.165, 1.54) is 4.31 Å². The molecule has 3 aromatic carbocycles. The van der Waals surface area contributed by atoms with Gasteiger partial charge < -0.3 is 4.90 Å². The van der Waals surface area contributed by atoms with Gasteiger partial charge in [0.25, 0.3) is 0 Å². The predicted octanol–water partition coefficient (Wildman–Crippen LogP) is 4.09. The monoisotopic (exact) mass is 420 g/mol. The number of amides is 1. The molecule has 0 spiro atoms. The first-order chi connectivity index (χ1) is 14.4. The Morgan fingerprint density at radius 2 is 1.47 bits per heavy atom. The van der Waals surface area contributed by atoms with Gasteiger partial charge in [0.15, 0.2) is 0 Å². The third-order valence-corrected chi connectivity index (χ3v) is 7.49. The smallest absolute Gasteiger partial charge is 0.245 e. The van der Waals surface area contributed by atoms with Crippen LogP contribution in [0.1, 0.15) is 12.5 Å². The third-order valence-electron chi connectivity index (χ3n) is 5.51. The molecule has 0 aliphatic carbocycles. The quantitative estimate of drug-likeness (QED) is 0.639. The summed E-state index contributed by atoms with van der Waals surface area (Å²) in [6, 6.07) is 23.6. The van der Waals surface area contributed by atoms with E-state index in [1.807, 2.05) is 61.5 Å². The van der Waals surface area contributed by atoms with Crippen LogP contribution in [-0.2, 0) is 14.8 Å². The van der Waals surface area contributed by atoms with Gasteiger partial charge in [-0.05, 0) is 37.6 Å². The maximum absolute atomic E-state index is 13.3. The molecule has 30 heavy (non-hydrogen) atoms. The molecule has 1 saturated heterocycles. The van der Waals surface area contributed by atoms with Gasteiger partial charge in [0.1, 0.15) is 6.04 Å². The van der Waals surface area contributed by atoms with Crippen LogP contribution in [0.2, 0.25) is 0 Å². The second-order valence-electron chi connectivity index (χ2n) is 7.48. The molecule has 6 heteroatoms. The summed E-state index contributed by atoms with van der Waals surface area (Å²) in [5.41, 5.74) is 3.75. The van der Waals surface area contributed by atoms with E-state index in [0.29, 0.717) is 6.54 Å². The van der Waals surface area contributed by atoms with Gasteiger partial charge in [-0.15, -0.1) is 0 Å². The Morgan fingerprint density at radius 3 is 2.17 bits per heavy atom. The van der Waals surface area contributed by atoms with Crippen LogP contribution < -0.4 is 4.90 Å². The van der Waals surface area contributed by atoms with Crippen molar-refractivity contribution >= 4 is 21.6 Å². The summed E-state index contributed by atoms with van der Waals surface area (Å²) in [7, 11) is -3.74. The number of benzene rings is 3. The van der Waals surface area contributed by atoms with Crippen molar-refractivity contribution in [2.24, 2.45) is 0 Å². The van der Waals surface area contributed by atoms with E-state index < -0.39 is 16.1 Å². The number of rotatable bonds is 4. The number of hydrogen-bond donors (Lipinski definition) is 0. The van der Waals surface area contributed by atoms with Gasteiger partial charge in [0.05, 0.1) is 10.6 Å². The predicted molar refractivity (Wildman–Crippen MR) is 119 cm³/mol. The number of carbonyl (C=O) groups excluding carboxylic acids is 1. The van der Waals surface area contributed by atoms with Crippen LogP contribution in [0.4, 0.5) is 5.69 Å². The molecule has 1 aliphatic rings. The van der Waals surface area contributed by atoms with Gasteiger partial charge in [-0.2, -0.15) is 4.31 Å². The van der Waals surface area contributed by atoms with Crippen LogP contribution in [0.5, 0.6) is 0 Å². The fraction of sp³-hybridized carbons (Fsp3) is 0.208. The number of aryl methyl sites for hydroxylation is 1. The highest BCUT2D eigenvalue weighted by molar-refractivity contribution is 7.89. The second kappa shape index (κ2) is 8.05. The normalized spacial score (nSPS) is 17.9. The van der Waals surface area contributed by atoms with Gasteiger partial charge in [0, 0.05) is 18.7 Å². The molecule has 1 amide bonds. The Kier molecular flexibility index (Phi) is 5.45. The van der Waals surface area contributed by atoms with E-state index >= 15 is 0 Å². The minimum Gasteiger partial charge on any atom is -0.309 e. The molecule has 4 rings (SSSR count). The lowest BCUT2D eigenvalue weighted by Crippen LogP contribution is -2.57. The molecule has 0 unspecified atom stereocenters. The van der Waals surface area contributed by atoms with Crippen molar-refractivity contribution in [2.75, 3.05) is 18.0 Å². The Morgan fingerprint density at radius 1 is 0.833 bits per heavy atom. The minimum atomic E-state index is -3.74. The summed E-state index contributed by atoms with van der Waals surface area (Å²) in [5.74, 6) is -0.222. The van der Waals surface area contributed by atoms with Gasteiger partial charge >= 0.3 is 0 Å². The Hall–Kier alpha value is -2.96. The van der Waals surface area contributed by atoms with Gasteiger partial charge in [-0.1, -0.05) is 66.2 Å². The van der Waals surface area contributed by atoms with Crippen LogP contribution in [0, 0.1) is 6.92 Å². The van der Waals surface area contributed by atoms with Gasteiger partial charge in [0.2, 0.25) is 15.9 Å². The summed E-state index contributed by atoms with van der Waals surface area (Å²) in [6.45, 7) is 4.11. The van der Waals surface area contributed by atoms with E-state index in [4.69, 9.17) is 0 Å². The summed E-state index contributed by atoms with van der Waals surface area (Å²) in [5, 5.41) is 0. The number of sulfonamides is 1. The second-order valence-corrected chi connectivity index (χ2v) is 9.37. The van der Waals surface area contributed by atoms with E-state index in [2.05, 4.69) is 0 Å². The molecule has 1 aliphatic heterocycles. The van der Waals surface area contributed by atoms with Crippen molar-refractivity contribution in [1.82, 2.24) is 4.31 Å². The highest BCUT2D eigenvalue weighted by atomic mass is 32.2. The highest BCUT2D eigenvalue weighted by Gasteiger charge is 2.40. The molecule has 1 heterocycles. The molecular formula is C24H24N2O3S. The zero-order valence-corrected chi connectivity index (χ0v) is 17.8. The lowest BCUT2D eigenvalue weighted by atomic mass is 10.0. The maximum Gasteiger partial charge on any atom is 0.245 e. The van der Waals surface area contributed by atoms with Crippen LogP contribution in [0.15, 0.2) is 83.8 Å². The first-order valence-electron chi connectivity index (χ1n) is 9.94. The SMILES string of the molecule is Cc1ccc(S(=O)(=O)N2CCN(c3ccccc3-c3ccccc3)C(=O)[C@H]2C)cc1. The van der Waals surface area contributed by atoms with E-state index in [9.17, 15) is 13.2 Å². The summed E-state index contributed by atoms with van der Waals surface area (Å²) in [4.78, 5) is 15.2. The largest absolute Gasteiger partial charge is 0.309 e. The molecule has 0 aromatic heterocycles. The average Bonchev–Trinajstić information content (AvgIpc) is 2.76. The summed E-state index contributed by atoms with van der Waals surface area (Å²) < 4.78 is 27.6. The van der Waals surface area contributed by atoms with Crippen molar-refractivity contribution in [3.8, 4) is 11.1 Å². The number of para-hydroxylation sites is 1. The van der Waals surface area contributed by atoms with Crippen LogP contribution in [0.3, 0.4) is 0 Å². The molecule has 1 atom stereocenters. The number of nitrogens with zero attached hydrogens (tertiary/aromatic N) is 2. The topological polar surface area (TPSA) is 57.7 Å². The number of hydrogen-bond acceptors (Lipinski definition) is 3. The molecule has 0 radical (unpaired) electrons. The first kappa shape index (κ1) is 20.3. The van der Waals surface area contributed by atoms with E-state index in [0.717, 1.165) is 22.4 Å². The van der Waals surface area contributed by atoms with Crippen LogP contribution in [0.25, 0.3) is 11.1 Å². The van der Waals surface area contributed by atoms with Crippen molar-refractivity contribution in [3.63, 3.8) is 0 Å². The summed E-state index contributed by atoms with van der Waals surface area (Å²) in [6.07, 6.45) is 0. The highest BCUT2D eigenvalue weighted by Crippen LogP contribution is 2.33. The maximum atomic E-state index is 13.3. The Labute approximate surface area is 177 Å². The van der Waals surface area contributed by atoms with Gasteiger partial charge in [-0.25, -0.2) is 8.42 Å². The number of piperazine rings is 1. The third kappa shape index (κ3) is 3.64. The number of anilines is 1. The molecule has 0 saturated carbocycles. The Bertz CT molecular complexity index is 1160. The van der Waals surface area contributed by atoms with E-state index in [-0.39, 0.29) is 17.3 Å². The van der Waals surface area contributed by atoms with Crippen molar-refractivity contribution in [2.45, 2.75) is 24.8 Å². The lowest BCUT2D eigenvalue weighted by molar-refractivity contribution is -0.123. The lowest BCUT2D eigenvalue weighted by Gasteiger charge is -2.39. The fourth-order valence-corrected chi connectivity index (χ4v) is 5.41. The summed E-state index contributed by atoms with van der Waals surface area (Å²) >= 11 is 0. The van der Waals surface area contributed by atoms with Crippen molar-refractivity contribution in [1.29, 1.82) is 0 Å². The molecule has 0 N–H and O–H groups in total. The van der Waals surface area contributed by atoms with Crippen molar-refractivity contribution < 1.29 is 13.2 Å². The molecule has 154 valence electrons. The first-order valence-corrected chi connectivity index (χ1v) is 11.4. The minimum absolute atomic E-state index is 0.214. The van der Waals surface area contributed by atoms with Crippen LogP contribution in [-0.4, -0.2) is 37.8 Å². The fourth-order valence-electron chi connectivity index (χ4n) is 3.84. The zero-order valence-electron chi connectivity index (χ0n) is 17.0. The standard InChI is InChI=1S/C24H24N2O3S/c1-18-12-14-21(15-13-18)30(28,29)26-17-16-25(24(27)19(26)2)23-11-7-6-10-22(23)20-8-4-3-5-9-20/h3-15,19H,16-17H2,1-2H3/t19-/m1/s1. The average molecular weight is 421 g/mol. The van der Waals surface area contributed by atoms with Crippen molar-refractivity contribution in [3.05, 3.63) is 84.4 Å². The molecule has 1 fully saturated rings. The number of carbonyl (C=O) groups is 1. The molecule has 0 bridgehead atoms. The van der Waals surface area contributed by atoms with E-state index in [1.54, 1.807) is 36.1 Å². The van der Waals surface area contributed by atoms with Crippen LogP contribution >= 0.6 is 0 Å². The molecule has 3 aromatic rings.